The summed E-state index contributed by atoms with van der Waals surface area (Å²) in [7, 11) is 0. The Balaban J connectivity index is 1.72. The average molecular weight is 314 g/mol. The first-order chi connectivity index (χ1) is 10.6. The van der Waals surface area contributed by atoms with Gasteiger partial charge in [0.1, 0.15) is 13.2 Å². The summed E-state index contributed by atoms with van der Waals surface area (Å²) in [5, 5.41) is 2.73. The highest BCUT2D eigenvalue weighted by Gasteiger charge is 2.10. The molecule has 5 nitrogen and oxygen atoms in total. The largest absolute Gasteiger partial charge is 0.459 e. The van der Waals surface area contributed by atoms with Crippen LogP contribution in [0.1, 0.15) is 11.3 Å². The number of thiazole rings is 1. The summed E-state index contributed by atoms with van der Waals surface area (Å²) in [5.41, 5.74) is 2.43. The van der Waals surface area contributed by atoms with Crippen LogP contribution in [0.25, 0.3) is 10.9 Å². The van der Waals surface area contributed by atoms with E-state index in [1.807, 2.05) is 30.3 Å². The topological polar surface area (TPSA) is 61.2 Å². The van der Waals surface area contributed by atoms with Gasteiger partial charge in [-0.15, -0.1) is 0 Å². The Hall–Kier alpha value is -2.47. The van der Waals surface area contributed by atoms with Gasteiger partial charge in [0.2, 0.25) is 0 Å². The van der Waals surface area contributed by atoms with Gasteiger partial charge in [0, 0.05) is 28.2 Å². The number of aromatic nitrogens is 2. The van der Waals surface area contributed by atoms with Crippen LogP contribution in [0.5, 0.6) is 0 Å². The van der Waals surface area contributed by atoms with E-state index in [0.717, 1.165) is 33.5 Å². The van der Waals surface area contributed by atoms with Crippen LogP contribution in [0.4, 0.5) is 0 Å². The highest BCUT2D eigenvalue weighted by molar-refractivity contribution is 7.07. The summed E-state index contributed by atoms with van der Waals surface area (Å²) < 4.78 is 6.70. The molecule has 0 aliphatic rings. The lowest BCUT2D eigenvalue weighted by molar-refractivity contribution is -0.145. The summed E-state index contributed by atoms with van der Waals surface area (Å²) in [6, 6.07) is 9.57. The molecule has 0 fully saturated rings. The molecule has 0 aliphatic carbocycles. The van der Waals surface area contributed by atoms with E-state index in [9.17, 15) is 9.59 Å². The van der Waals surface area contributed by atoms with E-state index in [1.165, 1.54) is 4.57 Å². The molecule has 3 rings (SSSR count). The number of para-hydroxylation sites is 1. The number of aryl methyl sites for hydroxylation is 1. The predicted octanol–water partition coefficient (Wildman–Crippen LogP) is 2.51. The average Bonchev–Trinajstić information content (AvgIpc) is 2.85. The smallest absolute Gasteiger partial charge is 0.326 e. The van der Waals surface area contributed by atoms with E-state index in [1.54, 1.807) is 18.5 Å². The first-order valence-corrected chi connectivity index (χ1v) is 7.66. The lowest BCUT2D eigenvalue weighted by Gasteiger charge is -2.08. The summed E-state index contributed by atoms with van der Waals surface area (Å²) in [6.45, 7) is 1.87. The molecule has 0 saturated heterocycles. The Morgan fingerprint density at radius 1 is 1.32 bits per heavy atom. The Kier molecular flexibility index (Phi) is 4.02. The van der Waals surface area contributed by atoms with E-state index in [4.69, 9.17) is 4.74 Å². The number of ether oxygens (including phenoxy) is 1. The molecule has 22 heavy (non-hydrogen) atoms. The zero-order valence-electron chi connectivity index (χ0n) is 12.0. The number of pyridine rings is 1. The van der Waals surface area contributed by atoms with Gasteiger partial charge in [0.05, 0.1) is 5.52 Å². The minimum atomic E-state index is -0.434. The van der Waals surface area contributed by atoms with Crippen LogP contribution in [0.3, 0.4) is 0 Å². The molecule has 0 N–H and O–H groups in total. The summed E-state index contributed by atoms with van der Waals surface area (Å²) in [5.74, 6) is -0.434. The lowest BCUT2D eigenvalue weighted by atomic mass is 10.1. The van der Waals surface area contributed by atoms with E-state index in [2.05, 4.69) is 4.98 Å². The van der Waals surface area contributed by atoms with Crippen LogP contribution in [-0.4, -0.2) is 15.5 Å². The standard InChI is InChI=1S/C16H14N2O3S/c1-11-10-22-16(20)18(11)8-14(19)21-9-13-5-2-4-12-6-3-7-17-15(12)13/h2-7,10H,8-9H2,1H3. The SMILES string of the molecule is Cc1csc(=O)n1CC(=O)OCc1cccc2cccnc12. The molecule has 6 heteroatoms. The van der Waals surface area contributed by atoms with E-state index >= 15 is 0 Å². The minimum Gasteiger partial charge on any atom is -0.459 e. The highest BCUT2D eigenvalue weighted by atomic mass is 32.1. The van der Waals surface area contributed by atoms with Crippen LogP contribution in [0.15, 0.2) is 46.7 Å². The normalized spacial score (nSPS) is 10.8. The maximum Gasteiger partial charge on any atom is 0.326 e. The highest BCUT2D eigenvalue weighted by Crippen LogP contribution is 2.16. The van der Waals surface area contributed by atoms with Crippen molar-refractivity contribution in [3.63, 3.8) is 0 Å². The quantitative estimate of drug-likeness (QED) is 0.694. The van der Waals surface area contributed by atoms with Crippen molar-refractivity contribution in [2.24, 2.45) is 0 Å². The van der Waals surface area contributed by atoms with E-state index in [-0.39, 0.29) is 18.0 Å². The molecule has 112 valence electrons. The lowest BCUT2D eigenvalue weighted by Crippen LogP contribution is -2.22. The number of esters is 1. The zero-order chi connectivity index (χ0) is 15.5. The fourth-order valence-corrected chi connectivity index (χ4v) is 2.95. The molecule has 3 aromatic rings. The molecule has 0 radical (unpaired) electrons. The second-order valence-corrected chi connectivity index (χ2v) is 5.70. The zero-order valence-corrected chi connectivity index (χ0v) is 12.8. The molecule has 2 aromatic heterocycles. The Morgan fingerprint density at radius 3 is 2.91 bits per heavy atom. The molecule has 0 amide bonds. The molecular weight excluding hydrogens is 300 g/mol. The second kappa shape index (κ2) is 6.11. The van der Waals surface area contributed by atoms with Crippen molar-refractivity contribution in [2.75, 3.05) is 0 Å². The number of hydrogen-bond acceptors (Lipinski definition) is 5. The van der Waals surface area contributed by atoms with Crippen molar-refractivity contribution in [1.29, 1.82) is 0 Å². The molecule has 2 heterocycles. The molecule has 0 spiro atoms. The van der Waals surface area contributed by atoms with Gasteiger partial charge >= 0.3 is 10.8 Å². The van der Waals surface area contributed by atoms with Gasteiger partial charge in [-0.25, -0.2) is 0 Å². The number of carbonyl (C=O) groups excluding carboxylic acids is 1. The first-order valence-electron chi connectivity index (χ1n) is 6.78. The fraction of sp³-hybridized carbons (Fsp3) is 0.188. The predicted molar refractivity (Wildman–Crippen MR) is 84.9 cm³/mol. The van der Waals surface area contributed by atoms with Crippen molar-refractivity contribution in [2.45, 2.75) is 20.1 Å². The van der Waals surface area contributed by atoms with E-state index < -0.39 is 5.97 Å². The Labute approximate surface area is 130 Å². The maximum atomic E-state index is 11.9. The minimum absolute atomic E-state index is 0.0631. The molecule has 1 aromatic carbocycles. The van der Waals surface area contributed by atoms with Gasteiger partial charge < -0.3 is 4.74 Å². The first kappa shape index (κ1) is 14.5. The number of carbonyl (C=O) groups is 1. The molecular formula is C16H14N2O3S. The van der Waals surface area contributed by atoms with Crippen molar-refractivity contribution < 1.29 is 9.53 Å². The van der Waals surface area contributed by atoms with Gasteiger partial charge in [-0.2, -0.15) is 0 Å². The van der Waals surface area contributed by atoms with Crippen LogP contribution >= 0.6 is 11.3 Å². The summed E-state index contributed by atoms with van der Waals surface area (Å²) >= 11 is 1.08. The summed E-state index contributed by atoms with van der Waals surface area (Å²) in [4.78, 5) is 27.7. The van der Waals surface area contributed by atoms with Gasteiger partial charge in [-0.1, -0.05) is 35.6 Å². The molecule has 0 bridgehead atoms. The fourth-order valence-electron chi connectivity index (χ4n) is 2.21. The van der Waals surface area contributed by atoms with Crippen molar-refractivity contribution >= 4 is 28.2 Å². The van der Waals surface area contributed by atoms with Crippen molar-refractivity contribution in [3.05, 3.63) is 62.8 Å². The van der Waals surface area contributed by atoms with Gasteiger partial charge in [-0.05, 0) is 13.0 Å². The Morgan fingerprint density at radius 2 is 2.14 bits per heavy atom. The number of nitrogens with zero attached hydrogens (tertiary/aromatic N) is 2. The third-order valence-corrected chi connectivity index (χ3v) is 4.25. The van der Waals surface area contributed by atoms with Gasteiger partial charge in [0.25, 0.3) is 0 Å². The van der Waals surface area contributed by atoms with Gasteiger partial charge in [0.15, 0.2) is 0 Å². The van der Waals surface area contributed by atoms with Crippen molar-refractivity contribution in [1.82, 2.24) is 9.55 Å². The monoisotopic (exact) mass is 314 g/mol. The van der Waals surface area contributed by atoms with Gasteiger partial charge in [-0.3, -0.25) is 19.1 Å². The Bertz CT molecular complexity index is 877. The van der Waals surface area contributed by atoms with E-state index in [0.29, 0.717) is 0 Å². The number of fused-ring (bicyclic) bond motifs is 1. The van der Waals surface area contributed by atoms with Crippen LogP contribution < -0.4 is 4.87 Å². The summed E-state index contributed by atoms with van der Waals surface area (Å²) in [6.07, 6.45) is 1.71. The van der Waals surface area contributed by atoms with Crippen LogP contribution in [-0.2, 0) is 22.7 Å². The van der Waals surface area contributed by atoms with Crippen LogP contribution in [0.2, 0.25) is 0 Å². The third-order valence-electron chi connectivity index (χ3n) is 3.37. The van der Waals surface area contributed by atoms with Crippen LogP contribution in [0, 0.1) is 6.92 Å². The van der Waals surface area contributed by atoms with Crippen molar-refractivity contribution in [3.8, 4) is 0 Å². The number of rotatable bonds is 4. The molecule has 0 saturated carbocycles. The number of benzene rings is 1. The molecule has 0 aliphatic heterocycles. The molecule has 0 unspecified atom stereocenters. The molecule has 0 atom stereocenters. The maximum absolute atomic E-state index is 11.9. The second-order valence-electron chi connectivity index (χ2n) is 4.88. The third kappa shape index (κ3) is 2.92. The number of hydrogen-bond donors (Lipinski definition) is 0.